The molecular formula is C13H13N3O3. The van der Waals surface area contributed by atoms with E-state index in [-0.39, 0.29) is 17.1 Å². The average Bonchev–Trinajstić information content (AvgIpc) is 2.41. The molecule has 0 atom stereocenters. The SMILES string of the molecule is COc1ccc(C(=O)Nc2ncccc2N)cc1O. The van der Waals surface area contributed by atoms with E-state index in [0.717, 1.165) is 0 Å². The average molecular weight is 259 g/mol. The fourth-order valence-corrected chi connectivity index (χ4v) is 1.53. The van der Waals surface area contributed by atoms with Gasteiger partial charge in [-0.1, -0.05) is 0 Å². The van der Waals surface area contributed by atoms with Crippen molar-refractivity contribution in [2.45, 2.75) is 0 Å². The molecule has 0 aliphatic rings. The monoisotopic (exact) mass is 259 g/mol. The Kier molecular flexibility index (Phi) is 3.51. The molecule has 0 aliphatic carbocycles. The molecule has 98 valence electrons. The fraction of sp³-hybridized carbons (Fsp3) is 0.0769. The molecule has 1 heterocycles. The molecule has 0 radical (unpaired) electrons. The van der Waals surface area contributed by atoms with Crippen LogP contribution in [0, 0.1) is 0 Å². The number of phenolic OH excluding ortho intramolecular Hbond substituents is 1. The van der Waals surface area contributed by atoms with Crippen molar-refractivity contribution in [3.8, 4) is 11.5 Å². The summed E-state index contributed by atoms with van der Waals surface area (Å²) < 4.78 is 4.90. The normalized spacial score (nSPS) is 9.95. The summed E-state index contributed by atoms with van der Waals surface area (Å²) in [5, 5.41) is 12.2. The number of rotatable bonds is 3. The van der Waals surface area contributed by atoms with E-state index < -0.39 is 5.91 Å². The highest BCUT2D eigenvalue weighted by Crippen LogP contribution is 2.26. The number of carbonyl (C=O) groups is 1. The van der Waals surface area contributed by atoms with Gasteiger partial charge in [0.2, 0.25) is 0 Å². The van der Waals surface area contributed by atoms with Crippen molar-refractivity contribution in [2.24, 2.45) is 0 Å². The first kappa shape index (κ1) is 12.7. The largest absolute Gasteiger partial charge is 0.504 e. The summed E-state index contributed by atoms with van der Waals surface area (Å²) in [6, 6.07) is 7.66. The van der Waals surface area contributed by atoms with Crippen molar-refractivity contribution in [3.63, 3.8) is 0 Å². The molecule has 0 fully saturated rings. The molecule has 4 N–H and O–H groups in total. The number of amides is 1. The van der Waals surface area contributed by atoms with Crippen molar-refractivity contribution >= 4 is 17.4 Å². The van der Waals surface area contributed by atoms with Gasteiger partial charge in [0, 0.05) is 11.8 Å². The fourth-order valence-electron chi connectivity index (χ4n) is 1.53. The van der Waals surface area contributed by atoms with E-state index in [1.54, 1.807) is 12.1 Å². The van der Waals surface area contributed by atoms with Gasteiger partial charge >= 0.3 is 0 Å². The number of aromatic hydroxyl groups is 1. The number of nitrogens with one attached hydrogen (secondary N) is 1. The van der Waals surface area contributed by atoms with E-state index in [1.807, 2.05) is 0 Å². The van der Waals surface area contributed by atoms with Gasteiger partial charge in [0.05, 0.1) is 12.8 Å². The number of hydrogen-bond acceptors (Lipinski definition) is 5. The molecule has 6 nitrogen and oxygen atoms in total. The van der Waals surface area contributed by atoms with Gasteiger partial charge < -0.3 is 20.9 Å². The lowest BCUT2D eigenvalue weighted by atomic mass is 10.2. The van der Waals surface area contributed by atoms with Gasteiger partial charge in [0.1, 0.15) is 0 Å². The number of phenols is 1. The molecule has 0 saturated heterocycles. The van der Waals surface area contributed by atoms with E-state index in [4.69, 9.17) is 10.5 Å². The number of anilines is 2. The van der Waals surface area contributed by atoms with Crippen LogP contribution in [0.25, 0.3) is 0 Å². The van der Waals surface area contributed by atoms with Crippen LogP contribution in [0.15, 0.2) is 36.5 Å². The summed E-state index contributed by atoms with van der Waals surface area (Å²) in [5.74, 6) is 0.0594. The van der Waals surface area contributed by atoms with Gasteiger partial charge in [-0.2, -0.15) is 0 Å². The Bertz CT molecular complexity index is 614. The molecule has 1 aromatic heterocycles. The van der Waals surface area contributed by atoms with Gasteiger partial charge in [-0.05, 0) is 30.3 Å². The molecule has 19 heavy (non-hydrogen) atoms. The van der Waals surface area contributed by atoms with Crippen LogP contribution >= 0.6 is 0 Å². The van der Waals surface area contributed by atoms with Crippen LogP contribution in [-0.2, 0) is 0 Å². The predicted molar refractivity (Wildman–Crippen MR) is 71.3 cm³/mol. The summed E-state index contributed by atoms with van der Waals surface area (Å²) >= 11 is 0. The van der Waals surface area contributed by atoms with Crippen LogP contribution in [0.1, 0.15) is 10.4 Å². The maximum absolute atomic E-state index is 12.0. The van der Waals surface area contributed by atoms with Gasteiger partial charge in [0.25, 0.3) is 5.91 Å². The summed E-state index contributed by atoms with van der Waals surface area (Å²) in [5.41, 5.74) is 6.33. The van der Waals surface area contributed by atoms with Crippen molar-refractivity contribution in [3.05, 3.63) is 42.1 Å². The standard InChI is InChI=1S/C13H13N3O3/c1-19-11-5-4-8(7-10(11)17)13(18)16-12-9(14)3-2-6-15-12/h2-7,17H,14H2,1H3,(H,15,16,18). The summed E-state index contributed by atoms with van der Waals surface area (Å²) in [4.78, 5) is 15.9. The zero-order valence-electron chi connectivity index (χ0n) is 10.3. The molecule has 0 saturated carbocycles. The Morgan fingerprint density at radius 3 is 2.84 bits per heavy atom. The van der Waals surface area contributed by atoms with Crippen molar-refractivity contribution in [1.29, 1.82) is 0 Å². The Hall–Kier alpha value is -2.76. The zero-order chi connectivity index (χ0) is 13.8. The number of nitrogen functional groups attached to an aromatic ring is 1. The topological polar surface area (TPSA) is 97.5 Å². The van der Waals surface area contributed by atoms with Crippen LogP contribution in [-0.4, -0.2) is 23.1 Å². The third kappa shape index (κ3) is 2.74. The Morgan fingerprint density at radius 1 is 1.42 bits per heavy atom. The highest BCUT2D eigenvalue weighted by Gasteiger charge is 2.11. The number of pyridine rings is 1. The first-order valence-electron chi connectivity index (χ1n) is 5.50. The number of aromatic nitrogens is 1. The Balaban J connectivity index is 2.21. The third-order valence-corrected chi connectivity index (χ3v) is 2.51. The minimum Gasteiger partial charge on any atom is -0.504 e. The second-order valence-corrected chi connectivity index (χ2v) is 3.78. The predicted octanol–water partition coefficient (Wildman–Crippen LogP) is 1.63. The molecule has 0 unspecified atom stereocenters. The molecule has 1 aromatic carbocycles. The van der Waals surface area contributed by atoms with E-state index in [0.29, 0.717) is 11.4 Å². The highest BCUT2D eigenvalue weighted by atomic mass is 16.5. The summed E-state index contributed by atoms with van der Waals surface area (Å²) in [7, 11) is 1.43. The van der Waals surface area contributed by atoms with E-state index >= 15 is 0 Å². The van der Waals surface area contributed by atoms with Crippen molar-refractivity contribution in [1.82, 2.24) is 4.98 Å². The number of methoxy groups -OCH3 is 1. The maximum atomic E-state index is 12.0. The quantitative estimate of drug-likeness (QED) is 0.778. The second kappa shape index (κ2) is 5.26. The molecular weight excluding hydrogens is 246 g/mol. The maximum Gasteiger partial charge on any atom is 0.257 e. The number of benzene rings is 1. The second-order valence-electron chi connectivity index (χ2n) is 3.78. The van der Waals surface area contributed by atoms with Crippen LogP contribution < -0.4 is 15.8 Å². The van der Waals surface area contributed by atoms with E-state index in [9.17, 15) is 9.90 Å². The first-order chi connectivity index (χ1) is 9.11. The smallest absolute Gasteiger partial charge is 0.257 e. The molecule has 0 spiro atoms. The van der Waals surface area contributed by atoms with Gasteiger partial charge in [-0.15, -0.1) is 0 Å². The van der Waals surface area contributed by atoms with Crippen molar-refractivity contribution in [2.75, 3.05) is 18.2 Å². The molecule has 1 amide bonds. The van der Waals surface area contributed by atoms with E-state index in [2.05, 4.69) is 10.3 Å². The molecule has 2 aromatic rings. The molecule has 0 aliphatic heterocycles. The van der Waals surface area contributed by atoms with Gasteiger partial charge in [-0.25, -0.2) is 4.98 Å². The number of nitrogens with zero attached hydrogens (tertiary/aromatic N) is 1. The van der Waals surface area contributed by atoms with Crippen LogP contribution in [0.3, 0.4) is 0 Å². The minimum atomic E-state index is -0.414. The number of nitrogens with two attached hydrogens (primary N) is 1. The third-order valence-electron chi connectivity index (χ3n) is 2.51. The van der Waals surface area contributed by atoms with Gasteiger partial charge in [-0.3, -0.25) is 4.79 Å². The lowest BCUT2D eigenvalue weighted by Gasteiger charge is -2.08. The molecule has 2 rings (SSSR count). The summed E-state index contributed by atoms with van der Waals surface area (Å²) in [6.45, 7) is 0. The highest BCUT2D eigenvalue weighted by molar-refractivity contribution is 6.05. The first-order valence-corrected chi connectivity index (χ1v) is 5.50. The van der Waals surface area contributed by atoms with E-state index in [1.165, 1.54) is 31.5 Å². The molecule has 6 heteroatoms. The Morgan fingerprint density at radius 2 is 2.21 bits per heavy atom. The lowest BCUT2D eigenvalue weighted by molar-refractivity contribution is 0.102. The minimum absolute atomic E-state index is 0.107. The van der Waals surface area contributed by atoms with Crippen LogP contribution in [0.2, 0.25) is 0 Å². The van der Waals surface area contributed by atoms with Crippen LogP contribution in [0.5, 0.6) is 11.5 Å². The van der Waals surface area contributed by atoms with Crippen molar-refractivity contribution < 1.29 is 14.6 Å². The number of ether oxygens (including phenoxy) is 1. The Labute approximate surface area is 109 Å². The lowest BCUT2D eigenvalue weighted by Crippen LogP contribution is -2.14. The molecule has 0 bridgehead atoms. The summed E-state index contributed by atoms with van der Waals surface area (Å²) in [6.07, 6.45) is 1.53. The number of carbonyl (C=O) groups excluding carboxylic acids is 1. The van der Waals surface area contributed by atoms with Crippen LogP contribution in [0.4, 0.5) is 11.5 Å². The number of hydrogen-bond donors (Lipinski definition) is 3. The zero-order valence-corrected chi connectivity index (χ0v) is 10.3. The van der Waals surface area contributed by atoms with Gasteiger partial charge in [0.15, 0.2) is 17.3 Å².